The molecule has 0 amide bonds. The molecule has 0 spiro atoms. The number of nitrogens with zero attached hydrogens (tertiary/aromatic N) is 1. The molecule has 0 unspecified atom stereocenters. The summed E-state index contributed by atoms with van der Waals surface area (Å²) in [6, 6.07) is 13.0. The lowest BCUT2D eigenvalue weighted by atomic mass is 10.2. The number of benzene rings is 2. The van der Waals surface area contributed by atoms with Crippen LogP contribution in [-0.4, -0.2) is 17.7 Å². The average molecular weight is 303 g/mol. The van der Waals surface area contributed by atoms with Gasteiger partial charge in [0.05, 0.1) is 10.6 Å². The Morgan fingerprint density at radius 1 is 1.10 bits per heavy atom. The van der Waals surface area contributed by atoms with E-state index in [9.17, 15) is 10.1 Å². The standard InChI is InChI=1S/C15H17N3O2S/c1-3-16-12-8-6-9-13(15(12)18(19)20)17-11-7-4-5-10-14(11)21-2/h4-10,16-17H,3H2,1-2H3. The Hall–Kier alpha value is -2.21. The minimum absolute atomic E-state index is 0.0651. The first-order chi connectivity index (χ1) is 10.2. The summed E-state index contributed by atoms with van der Waals surface area (Å²) in [5.74, 6) is 0. The third kappa shape index (κ3) is 3.46. The Balaban J connectivity index is 2.44. The van der Waals surface area contributed by atoms with Crippen molar-refractivity contribution in [3.05, 3.63) is 52.6 Å². The van der Waals surface area contributed by atoms with Crippen LogP contribution in [0.15, 0.2) is 47.4 Å². The molecule has 0 bridgehead atoms. The van der Waals surface area contributed by atoms with Crippen LogP contribution >= 0.6 is 11.8 Å². The summed E-state index contributed by atoms with van der Waals surface area (Å²) in [6.07, 6.45) is 1.98. The maximum Gasteiger partial charge on any atom is 0.315 e. The van der Waals surface area contributed by atoms with Crippen LogP contribution in [0.2, 0.25) is 0 Å². The number of rotatable bonds is 6. The van der Waals surface area contributed by atoms with Crippen LogP contribution in [0.5, 0.6) is 0 Å². The summed E-state index contributed by atoms with van der Waals surface area (Å²) >= 11 is 1.60. The van der Waals surface area contributed by atoms with Gasteiger partial charge >= 0.3 is 5.69 Å². The number of thioether (sulfide) groups is 1. The van der Waals surface area contributed by atoms with Crippen LogP contribution in [-0.2, 0) is 0 Å². The van der Waals surface area contributed by atoms with Crippen molar-refractivity contribution in [3.8, 4) is 0 Å². The van der Waals surface area contributed by atoms with Crippen molar-refractivity contribution in [1.29, 1.82) is 0 Å². The zero-order chi connectivity index (χ0) is 15.2. The summed E-state index contributed by atoms with van der Waals surface area (Å²) in [4.78, 5) is 12.1. The quantitative estimate of drug-likeness (QED) is 0.467. The SMILES string of the molecule is CCNc1cccc(Nc2ccccc2SC)c1[N+](=O)[O-]. The highest BCUT2D eigenvalue weighted by Crippen LogP contribution is 2.36. The van der Waals surface area contributed by atoms with Crippen LogP contribution < -0.4 is 10.6 Å². The largest absolute Gasteiger partial charge is 0.380 e. The van der Waals surface area contributed by atoms with Crippen LogP contribution in [0.4, 0.5) is 22.7 Å². The highest BCUT2D eigenvalue weighted by Gasteiger charge is 2.19. The number of para-hydroxylation sites is 2. The van der Waals surface area contributed by atoms with E-state index in [4.69, 9.17) is 0 Å². The van der Waals surface area contributed by atoms with Gasteiger partial charge in [-0.1, -0.05) is 18.2 Å². The molecule has 2 rings (SSSR count). The molecule has 2 N–H and O–H groups in total. The Kier molecular flexibility index (Phi) is 5.05. The molecule has 21 heavy (non-hydrogen) atoms. The van der Waals surface area contributed by atoms with Crippen LogP contribution in [0.3, 0.4) is 0 Å². The summed E-state index contributed by atoms with van der Waals surface area (Å²) in [5.41, 5.74) is 1.94. The van der Waals surface area contributed by atoms with Gasteiger partial charge in [0.2, 0.25) is 0 Å². The van der Waals surface area contributed by atoms with Crippen molar-refractivity contribution in [1.82, 2.24) is 0 Å². The van der Waals surface area contributed by atoms with Crippen LogP contribution in [0.25, 0.3) is 0 Å². The molecule has 0 radical (unpaired) electrons. The fourth-order valence-electron chi connectivity index (χ4n) is 2.07. The molecule has 0 aromatic heterocycles. The first-order valence-corrected chi connectivity index (χ1v) is 7.81. The molecule has 0 fully saturated rings. The smallest absolute Gasteiger partial charge is 0.315 e. The molecule has 0 aliphatic rings. The van der Waals surface area contributed by atoms with E-state index in [2.05, 4.69) is 10.6 Å². The molecule has 0 aliphatic heterocycles. The first kappa shape index (κ1) is 15.2. The van der Waals surface area contributed by atoms with Crippen LogP contribution in [0.1, 0.15) is 6.92 Å². The summed E-state index contributed by atoms with van der Waals surface area (Å²) in [7, 11) is 0. The molecule has 5 nitrogen and oxygen atoms in total. The fraction of sp³-hybridized carbons (Fsp3) is 0.200. The number of nitro benzene ring substituents is 1. The van der Waals surface area contributed by atoms with E-state index in [0.29, 0.717) is 17.9 Å². The van der Waals surface area contributed by atoms with Gasteiger partial charge in [-0.15, -0.1) is 11.8 Å². The predicted octanol–water partition coefficient (Wildman–Crippen LogP) is 4.49. The molecule has 110 valence electrons. The number of nitro groups is 1. The van der Waals surface area contributed by atoms with Gasteiger partial charge in [-0.3, -0.25) is 10.1 Å². The maximum absolute atomic E-state index is 11.4. The number of hydrogen-bond acceptors (Lipinski definition) is 5. The van der Waals surface area contributed by atoms with Crippen LogP contribution in [0, 0.1) is 10.1 Å². The van der Waals surface area contributed by atoms with Gasteiger partial charge in [-0.2, -0.15) is 0 Å². The number of hydrogen-bond donors (Lipinski definition) is 2. The van der Waals surface area contributed by atoms with E-state index in [1.54, 1.807) is 30.0 Å². The van der Waals surface area contributed by atoms with Gasteiger partial charge in [-0.05, 0) is 37.4 Å². The van der Waals surface area contributed by atoms with E-state index in [1.165, 1.54) is 0 Å². The molecule has 0 aliphatic carbocycles. The molecule has 2 aromatic rings. The van der Waals surface area contributed by atoms with E-state index >= 15 is 0 Å². The molecule has 6 heteroatoms. The third-order valence-electron chi connectivity index (χ3n) is 2.96. The fourth-order valence-corrected chi connectivity index (χ4v) is 2.62. The minimum Gasteiger partial charge on any atom is -0.380 e. The van der Waals surface area contributed by atoms with Crippen molar-refractivity contribution in [3.63, 3.8) is 0 Å². The molecular weight excluding hydrogens is 286 g/mol. The maximum atomic E-state index is 11.4. The lowest BCUT2D eigenvalue weighted by Crippen LogP contribution is -2.04. The Labute approximate surface area is 127 Å². The topological polar surface area (TPSA) is 67.2 Å². The molecular formula is C15H17N3O2S. The first-order valence-electron chi connectivity index (χ1n) is 6.58. The van der Waals surface area contributed by atoms with Crippen molar-refractivity contribution >= 4 is 34.5 Å². The second kappa shape index (κ2) is 6.99. The third-order valence-corrected chi connectivity index (χ3v) is 3.76. The van der Waals surface area contributed by atoms with Gasteiger partial charge in [-0.25, -0.2) is 0 Å². The summed E-state index contributed by atoms with van der Waals surface area (Å²) in [6.45, 7) is 2.54. The van der Waals surface area contributed by atoms with E-state index in [-0.39, 0.29) is 10.6 Å². The van der Waals surface area contributed by atoms with Crippen molar-refractivity contribution in [2.75, 3.05) is 23.4 Å². The highest BCUT2D eigenvalue weighted by molar-refractivity contribution is 7.98. The minimum atomic E-state index is -0.359. The Morgan fingerprint density at radius 3 is 2.43 bits per heavy atom. The molecule has 0 atom stereocenters. The molecule has 0 saturated heterocycles. The van der Waals surface area contributed by atoms with Gasteiger partial charge in [0, 0.05) is 11.4 Å². The van der Waals surface area contributed by atoms with Gasteiger partial charge in [0.15, 0.2) is 0 Å². The Bertz CT molecular complexity index is 647. The predicted molar refractivity (Wildman–Crippen MR) is 88.8 cm³/mol. The number of anilines is 3. The van der Waals surface area contributed by atoms with Crippen molar-refractivity contribution in [2.45, 2.75) is 11.8 Å². The number of nitrogens with one attached hydrogen (secondary N) is 2. The normalized spacial score (nSPS) is 10.2. The second-order valence-corrected chi connectivity index (χ2v) is 5.16. The van der Waals surface area contributed by atoms with Gasteiger partial charge < -0.3 is 10.6 Å². The van der Waals surface area contributed by atoms with E-state index < -0.39 is 0 Å². The summed E-state index contributed by atoms with van der Waals surface area (Å²) in [5, 5.41) is 17.6. The van der Waals surface area contributed by atoms with Crippen molar-refractivity contribution < 1.29 is 4.92 Å². The second-order valence-electron chi connectivity index (χ2n) is 4.31. The lowest BCUT2D eigenvalue weighted by molar-refractivity contribution is -0.383. The summed E-state index contributed by atoms with van der Waals surface area (Å²) < 4.78 is 0. The van der Waals surface area contributed by atoms with Gasteiger partial charge in [0.1, 0.15) is 11.4 Å². The molecule has 2 aromatic carbocycles. The zero-order valence-corrected chi connectivity index (χ0v) is 12.7. The highest BCUT2D eigenvalue weighted by atomic mass is 32.2. The van der Waals surface area contributed by atoms with Crippen molar-refractivity contribution in [2.24, 2.45) is 0 Å². The Morgan fingerprint density at radius 2 is 1.76 bits per heavy atom. The average Bonchev–Trinajstić information content (AvgIpc) is 2.48. The lowest BCUT2D eigenvalue weighted by Gasteiger charge is -2.13. The molecule has 0 heterocycles. The molecule has 0 saturated carbocycles. The monoisotopic (exact) mass is 303 g/mol. The van der Waals surface area contributed by atoms with E-state index in [1.807, 2.05) is 37.4 Å². The zero-order valence-electron chi connectivity index (χ0n) is 11.9. The van der Waals surface area contributed by atoms with Gasteiger partial charge in [0.25, 0.3) is 0 Å². The van der Waals surface area contributed by atoms with E-state index in [0.717, 1.165) is 10.6 Å².